The highest BCUT2D eigenvalue weighted by Crippen LogP contribution is 2.21. The van der Waals surface area contributed by atoms with Crippen molar-refractivity contribution in [1.82, 2.24) is 20.4 Å². The van der Waals surface area contributed by atoms with E-state index in [4.69, 9.17) is 11.6 Å². The van der Waals surface area contributed by atoms with Gasteiger partial charge >= 0.3 is 0 Å². The summed E-state index contributed by atoms with van der Waals surface area (Å²) in [5.74, 6) is -1.42. The first-order valence-electron chi connectivity index (χ1n) is 9.60. The van der Waals surface area contributed by atoms with E-state index in [0.717, 1.165) is 5.56 Å². The molecule has 0 atom stereocenters. The predicted molar refractivity (Wildman–Crippen MR) is 113 cm³/mol. The fraction of sp³-hybridized carbons (Fsp3) is 0.227. The number of amides is 2. The Bertz CT molecular complexity index is 1080. The second-order valence-electron chi connectivity index (χ2n) is 6.95. The molecule has 1 heterocycles. The normalized spacial score (nSPS) is 10.7. The lowest BCUT2D eigenvalue weighted by Crippen LogP contribution is -2.35. The second kappa shape index (κ2) is 10.2. The Morgan fingerprint density at radius 1 is 1.00 bits per heavy atom. The molecule has 0 aliphatic carbocycles. The molecule has 1 aromatic heterocycles. The van der Waals surface area contributed by atoms with Crippen molar-refractivity contribution in [2.24, 2.45) is 0 Å². The molecule has 3 aromatic rings. The van der Waals surface area contributed by atoms with Gasteiger partial charge in [-0.3, -0.25) is 9.59 Å². The Hall–Kier alpha value is -3.26. The highest BCUT2D eigenvalue weighted by atomic mass is 35.5. The monoisotopic (exact) mass is 446 g/mol. The first kappa shape index (κ1) is 22.4. The number of hydrogen-bond acceptors (Lipinski definition) is 3. The van der Waals surface area contributed by atoms with Gasteiger partial charge in [-0.1, -0.05) is 35.9 Å². The Kier molecular flexibility index (Phi) is 7.36. The number of nitrogens with zero attached hydrogens (tertiary/aromatic N) is 2. The molecule has 6 nitrogen and oxygen atoms in total. The molecule has 0 aliphatic heterocycles. The van der Waals surface area contributed by atoms with Crippen molar-refractivity contribution in [3.8, 4) is 0 Å². The van der Waals surface area contributed by atoms with Crippen molar-refractivity contribution in [2.75, 3.05) is 13.1 Å². The van der Waals surface area contributed by atoms with E-state index in [2.05, 4.69) is 15.7 Å². The van der Waals surface area contributed by atoms with Gasteiger partial charge < -0.3 is 10.6 Å². The third-order valence-electron chi connectivity index (χ3n) is 4.52. The van der Waals surface area contributed by atoms with Crippen LogP contribution in [0.1, 0.15) is 27.2 Å². The molecule has 2 aromatic carbocycles. The van der Waals surface area contributed by atoms with Crippen LogP contribution in [0.15, 0.2) is 48.5 Å². The van der Waals surface area contributed by atoms with Gasteiger partial charge in [-0.15, -0.1) is 0 Å². The van der Waals surface area contributed by atoms with Crippen LogP contribution in [0, 0.1) is 18.6 Å². The van der Waals surface area contributed by atoms with E-state index in [-0.39, 0.29) is 42.0 Å². The van der Waals surface area contributed by atoms with Crippen molar-refractivity contribution in [2.45, 2.75) is 19.9 Å². The lowest BCUT2D eigenvalue weighted by molar-refractivity contribution is -0.120. The van der Waals surface area contributed by atoms with Crippen LogP contribution in [-0.4, -0.2) is 34.7 Å². The van der Waals surface area contributed by atoms with Crippen LogP contribution < -0.4 is 10.6 Å². The van der Waals surface area contributed by atoms with Crippen molar-refractivity contribution >= 4 is 23.4 Å². The molecule has 0 radical (unpaired) electrons. The average Bonchev–Trinajstić information content (AvgIpc) is 3.00. The predicted octanol–water partition coefficient (Wildman–Crippen LogP) is 3.26. The number of hydrogen-bond donors (Lipinski definition) is 2. The number of rotatable bonds is 8. The smallest absolute Gasteiger partial charge is 0.256 e. The molecule has 0 saturated heterocycles. The highest BCUT2D eigenvalue weighted by molar-refractivity contribution is 6.33. The van der Waals surface area contributed by atoms with E-state index in [1.807, 2.05) is 0 Å². The molecule has 31 heavy (non-hydrogen) atoms. The third-order valence-corrected chi connectivity index (χ3v) is 4.91. The summed E-state index contributed by atoms with van der Waals surface area (Å²) in [7, 11) is 0. The van der Waals surface area contributed by atoms with Crippen LogP contribution in [0.5, 0.6) is 0 Å². The van der Waals surface area contributed by atoms with Crippen LogP contribution in [0.25, 0.3) is 0 Å². The molecule has 9 heteroatoms. The van der Waals surface area contributed by atoms with E-state index in [9.17, 15) is 18.4 Å². The van der Waals surface area contributed by atoms with Crippen LogP contribution in [0.3, 0.4) is 0 Å². The highest BCUT2D eigenvalue weighted by Gasteiger charge is 2.20. The van der Waals surface area contributed by atoms with Gasteiger partial charge in [0.25, 0.3) is 5.91 Å². The topological polar surface area (TPSA) is 76.0 Å². The minimum atomic E-state index is -0.410. The maximum Gasteiger partial charge on any atom is 0.256 e. The molecule has 0 aliphatic rings. The summed E-state index contributed by atoms with van der Waals surface area (Å²) in [6.45, 7) is 2.36. The van der Waals surface area contributed by atoms with Gasteiger partial charge in [0.15, 0.2) is 0 Å². The van der Waals surface area contributed by atoms with E-state index < -0.39 is 11.7 Å². The molecule has 0 fully saturated rings. The first-order chi connectivity index (χ1) is 14.8. The van der Waals surface area contributed by atoms with Gasteiger partial charge in [0.1, 0.15) is 16.8 Å². The van der Waals surface area contributed by atoms with Crippen LogP contribution >= 0.6 is 11.6 Å². The lowest BCUT2D eigenvalue weighted by Gasteiger charge is -2.08. The van der Waals surface area contributed by atoms with Gasteiger partial charge in [0.2, 0.25) is 5.91 Å². The molecular weight excluding hydrogens is 426 g/mol. The zero-order chi connectivity index (χ0) is 22.4. The molecule has 0 spiro atoms. The Labute approximate surface area is 183 Å². The van der Waals surface area contributed by atoms with Crippen molar-refractivity contribution in [3.63, 3.8) is 0 Å². The summed E-state index contributed by atoms with van der Waals surface area (Å²) < 4.78 is 27.7. The molecule has 0 unspecified atom stereocenters. The fourth-order valence-electron chi connectivity index (χ4n) is 3.04. The summed E-state index contributed by atoms with van der Waals surface area (Å²) in [5.41, 5.74) is 2.06. The summed E-state index contributed by atoms with van der Waals surface area (Å²) in [6.07, 6.45) is 0.0484. The number of halogens is 3. The van der Waals surface area contributed by atoms with Gasteiger partial charge in [0.05, 0.1) is 24.2 Å². The number of carbonyl (C=O) groups excluding carboxylic acids is 2. The molecule has 0 bridgehead atoms. The minimum absolute atomic E-state index is 0.0484. The molecule has 3 rings (SSSR count). The second-order valence-corrected chi connectivity index (χ2v) is 7.31. The summed E-state index contributed by atoms with van der Waals surface area (Å²) in [5, 5.41) is 9.83. The van der Waals surface area contributed by atoms with Crippen LogP contribution in [-0.2, 0) is 17.8 Å². The SMILES string of the molecule is Cc1nn(Cc2ccc(F)cc2)c(Cl)c1C(=O)NCCNC(=O)Cc1cccc(F)c1. The largest absolute Gasteiger partial charge is 0.354 e. The quantitative estimate of drug-likeness (QED) is 0.521. The number of benzene rings is 2. The Morgan fingerprint density at radius 3 is 2.42 bits per heavy atom. The van der Waals surface area contributed by atoms with Crippen molar-refractivity contribution < 1.29 is 18.4 Å². The van der Waals surface area contributed by atoms with Gasteiger partial charge in [-0.25, -0.2) is 13.5 Å². The van der Waals surface area contributed by atoms with Crippen molar-refractivity contribution in [1.29, 1.82) is 0 Å². The standard InChI is InChI=1S/C22H21ClF2N4O2/c1-14-20(21(23)29(28-14)13-15-5-7-17(24)8-6-15)22(31)27-10-9-26-19(30)12-16-3-2-4-18(25)11-16/h2-8,11H,9-10,12-13H2,1H3,(H,26,30)(H,27,31). The molecule has 162 valence electrons. The number of aromatic nitrogens is 2. The van der Waals surface area contributed by atoms with E-state index >= 15 is 0 Å². The zero-order valence-electron chi connectivity index (χ0n) is 16.8. The lowest BCUT2D eigenvalue weighted by atomic mass is 10.1. The van der Waals surface area contributed by atoms with Crippen LogP contribution in [0.4, 0.5) is 8.78 Å². The number of aryl methyl sites for hydroxylation is 1. The van der Waals surface area contributed by atoms with E-state index in [1.54, 1.807) is 31.2 Å². The maximum atomic E-state index is 13.2. The van der Waals surface area contributed by atoms with Gasteiger partial charge in [0, 0.05) is 13.1 Å². The number of nitrogens with one attached hydrogen (secondary N) is 2. The first-order valence-corrected chi connectivity index (χ1v) is 9.98. The van der Waals surface area contributed by atoms with E-state index in [0.29, 0.717) is 17.8 Å². The molecular formula is C22H21ClF2N4O2. The minimum Gasteiger partial charge on any atom is -0.354 e. The number of carbonyl (C=O) groups is 2. The average molecular weight is 447 g/mol. The van der Waals surface area contributed by atoms with Crippen molar-refractivity contribution in [3.05, 3.63) is 87.7 Å². The zero-order valence-corrected chi connectivity index (χ0v) is 17.5. The molecule has 0 saturated carbocycles. The summed E-state index contributed by atoms with van der Waals surface area (Å²) >= 11 is 6.34. The fourth-order valence-corrected chi connectivity index (χ4v) is 3.36. The maximum absolute atomic E-state index is 13.2. The van der Waals surface area contributed by atoms with E-state index in [1.165, 1.54) is 28.9 Å². The molecule has 2 amide bonds. The molecule has 2 N–H and O–H groups in total. The van der Waals surface area contributed by atoms with Gasteiger partial charge in [-0.05, 0) is 42.3 Å². The Morgan fingerprint density at radius 2 is 1.71 bits per heavy atom. The van der Waals surface area contributed by atoms with Crippen LogP contribution in [0.2, 0.25) is 5.15 Å². The van der Waals surface area contributed by atoms with Gasteiger partial charge in [-0.2, -0.15) is 5.10 Å². The Balaban J connectivity index is 1.50. The summed E-state index contributed by atoms with van der Waals surface area (Å²) in [4.78, 5) is 24.5. The third kappa shape index (κ3) is 6.11. The summed E-state index contributed by atoms with van der Waals surface area (Å²) in [6, 6.07) is 11.7.